The first-order valence-electron chi connectivity index (χ1n) is 10.7. The van der Waals surface area contributed by atoms with E-state index in [2.05, 4.69) is 35.6 Å². The van der Waals surface area contributed by atoms with E-state index < -0.39 is 11.5 Å². The lowest BCUT2D eigenvalue weighted by Gasteiger charge is -2.27. The molecule has 1 atom stereocenters. The summed E-state index contributed by atoms with van der Waals surface area (Å²) < 4.78 is 8.63. The lowest BCUT2D eigenvalue weighted by molar-refractivity contribution is 0.0267. The highest BCUT2D eigenvalue weighted by atomic mass is 16.5. The maximum Gasteiger partial charge on any atom is 0.263 e. The summed E-state index contributed by atoms with van der Waals surface area (Å²) in [6.45, 7) is 3.55. The number of amides is 1. The first kappa shape index (κ1) is 21.6. The van der Waals surface area contributed by atoms with Crippen LogP contribution >= 0.6 is 0 Å². The lowest BCUT2D eigenvalue weighted by Crippen LogP contribution is -2.31. The molecular weight excluding hydrogens is 438 g/mol. The van der Waals surface area contributed by atoms with Crippen molar-refractivity contribution in [3.8, 4) is 23.2 Å². The van der Waals surface area contributed by atoms with Gasteiger partial charge in [0.2, 0.25) is 5.88 Å². The Kier molecular flexibility index (Phi) is 5.28. The first-order chi connectivity index (χ1) is 16.3. The van der Waals surface area contributed by atoms with Crippen LogP contribution in [0.15, 0.2) is 43.0 Å². The van der Waals surface area contributed by atoms with Gasteiger partial charge in [-0.15, -0.1) is 15.3 Å². The molecule has 0 radical (unpaired) electrons. The number of hydrogen-bond acceptors (Lipinski definition) is 9. The van der Waals surface area contributed by atoms with Crippen molar-refractivity contribution < 1.29 is 14.6 Å². The van der Waals surface area contributed by atoms with Gasteiger partial charge in [0.05, 0.1) is 24.9 Å². The fraction of sp³-hybridized carbons (Fsp3) is 0.318. The second-order valence-electron chi connectivity index (χ2n) is 8.44. The van der Waals surface area contributed by atoms with Gasteiger partial charge in [0.1, 0.15) is 22.9 Å². The van der Waals surface area contributed by atoms with Crippen LogP contribution in [0.25, 0.3) is 17.3 Å². The van der Waals surface area contributed by atoms with Crippen molar-refractivity contribution in [2.75, 3.05) is 12.4 Å². The molecule has 0 saturated heterocycles. The van der Waals surface area contributed by atoms with Crippen LogP contribution in [0, 0.1) is 0 Å². The molecule has 1 aliphatic heterocycles. The monoisotopic (exact) mass is 461 g/mol. The maximum atomic E-state index is 13.0. The van der Waals surface area contributed by atoms with Gasteiger partial charge >= 0.3 is 0 Å². The molecule has 0 unspecified atom stereocenters. The van der Waals surface area contributed by atoms with Crippen LogP contribution in [0.3, 0.4) is 0 Å². The second-order valence-corrected chi connectivity index (χ2v) is 8.44. The molecule has 2 N–H and O–H groups in total. The highest BCUT2D eigenvalue weighted by molar-refractivity contribution is 6.05. The molecule has 0 fully saturated rings. The number of methoxy groups -OCH3 is 1. The summed E-state index contributed by atoms with van der Waals surface area (Å²) in [5, 5.41) is 26.2. The third-order valence-electron chi connectivity index (χ3n) is 5.66. The average Bonchev–Trinajstić information content (AvgIpc) is 3.54. The van der Waals surface area contributed by atoms with E-state index in [4.69, 9.17) is 4.74 Å². The molecule has 4 aromatic rings. The summed E-state index contributed by atoms with van der Waals surface area (Å²) in [4.78, 5) is 25.8. The van der Waals surface area contributed by atoms with Crippen molar-refractivity contribution in [3.05, 3.63) is 54.4 Å². The number of fused-ring (bicyclic) bond motifs is 1. The molecule has 0 saturated carbocycles. The van der Waals surface area contributed by atoms with E-state index in [0.29, 0.717) is 23.2 Å². The number of aryl methyl sites for hydroxylation is 1. The fourth-order valence-electron chi connectivity index (χ4n) is 4.06. The SMILES string of the molecule is COc1nn(-c2cnccn2)cc1C(=O)Nc1cccc(-c2nnc3n2[C@@H](C(C)(C)O)CC3)n1. The quantitative estimate of drug-likeness (QED) is 0.439. The highest BCUT2D eigenvalue weighted by Gasteiger charge is 2.37. The molecule has 12 nitrogen and oxygen atoms in total. The van der Waals surface area contributed by atoms with Gasteiger partial charge < -0.3 is 19.7 Å². The number of aromatic nitrogens is 8. The molecule has 1 amide bonds. The summed E-state index contributed by atoms with van der Waals surface area (Å²) in [6.07, 6.45) is 7.62. The minimum absolute atomic E-state index is 0.141. The Hall–Kier alpha value is -4.19. The Balaban J connectivity index is 1.42. The number of anilines is 1. The second kappa shape index (κ2) is 8.30. The molecule has 0 spiro atoms. The van der Waals surface area contributed by atoms with Gasteiger partial charge in [-0.3, -0.25) is 9.78 Å². The molecule has 5 rings (SSSR count). The minimum Gasteiger partial charge on any atom is -0.479 e. The van der Waals surface area contributed by atoms with E-state index in [1.807, 2.05) is 4.57 Å². The Bertz CT molecular complexity index is 1340. The van der Waals surface area contributed by atoms with Crippen molar-refractivity contribution in [2.24, 2.45) is 0 Å². The van der Waals surface area contributed by atoms with Crippen molar-refractivity contribution in [3.63, 3.8) is 0 Å². The normalized spacial score (nSPS) is 15.2. The van der Waals surface area contributed by atoms with Crippen molar-refractivity contribution in [1.82, 2.24) is 39.5 Å². The van der Waals surface area contributed by atoms with Crippen molar-refractivity contribution >= 4 is 11.7 Å². The Labute approximate surface area is 194 Å². The van der Waals surface area contributed by atoms with Gasteiger partial charge in [0.25, 0.3) is 5.91 Å². The Morgan fingerprint density at radius 2 is 2.12 bits per heavy atom. The fourth-order valence-corrected chi connectivity index (χ4v) is 4.06. The van der Waals surface area contributed by atoms with Crippen molar-refractivity contribution in [2.45, 2.75) is 38.3 Å². The van der Waals surface area contributed by atoms with E-state index in [0.717, 1.165) is 18.7 Å². The molecular formula is C22H23N9O3. The number of carbonyl (C=O) groups is 1. The Morgan fingerprint density at radius 3 is 2.85 bits per heavy atom. The molecule has 0 bridgehead atoms. The van der Waals surface area contributed by atoms with Gasteiger partial charge in [-0.1, -0.05) is 6.07 Å². The molecule has 0 aromatic carbocycles. The predicted molar refractivity (Wildman–Crippen MR) is 121 cm³/mol. The molecule has 12 heteroatoms. The number of aliphatic hydroxyl groups is 1. The number of carbonyl (C=O) groups excluding carboxylic acids is 1. The zero-order valence-electron chi connectivity index (χ0n) is 18.9. The zero-order chi connectivity index (χ0) is 23.9. The van der Waals surface area contributed by atoms with Crippen LogP contribution in [0.5, 0.6) is 5.88 Å². The van der Waals surface area contributed by atoms with E-state index >= 15 is 0 Å². The number of pyridine rings is 1. The number of rotatable bonds is 6. The number of ether oxygens (including phenoxy) is 1. The number of nitrogens with one attached hydrogen (secondary N) is 1. The van der Waals surface area contributed by atoms with Gasteiger partial charge in [-0.2, -0.15) is 0 Å². The minimum atomic E-state index is -0.936. The summed E-state index contributed by atoms with van der Waals surface area (Å²) in [5.74, 6) is 1.82. The van der Waals surface area contributed by atoms with Gasteiger partial charge in [-0.05, 0) is 32.4 Å². The summed E-state index contributed by atoms with van der Waals surface area (Å²) in [6, 6.07) is 5.08. The smallest absolute Gasteiger partial charge is 0.263 e. The van der Waals surface area contributed by atoms with Gasteiger partial charge in [0.15, 0.2) is 11.6 Å². The number of nitrogens with zero attached hydrogens (tertiary/aromatic N) is 8. The highest BCUT2D eigenvalue weighted by Crippen LogP contribution is 2.37. The van der Waals surface area contributed by atoms with Crippen molar-refractivity contribution in [1.29, 1.82) is 0 Å². The molecule has 0 aliphatic carbocycles. The van der Waals surface area contributed by atoms with E-state index in [1.54, 1.807) is 38.2 Å². The molecule has 4 aromatic heterocycles. The van der Waals surface area contributed by atoms with E-state index in [9.17, 15) is 9.90 Å². The summed E-state index contributed by atoms with van der Waals surface area (Å²) in [7, 11) is 1.43. The third-order valence-corrected chi connectivity index (χ3v) is 5.66. The first-order valence-corrected chi connectivity index (χ1v) is 10.7. The molecule has 174 valence electrons. The van der Waals surface area contributed by atoms with Crippen LogP contribution in [0.2, 0.25) is 0 Å². The van der Waals surface area contributed by atoms with Crippen LogP contribution in [-0.2, 0) is 6.42 Å². The standard InChI is InChI=1S/C22H23N9O3/c1-22(2,33)15-7-8-17-27-28-19(31(15)17)14-5-4-6-16(25-14)26-20(32)13-12-30(29-21(13)34-3)18-11-23-9-10-24-18/h4-6,9-12,15,33H,7-8H2,1-3H3,(H,25,26,32)/t15-/m1/s1. The topological polar surface area (TPSA) is 146 Å². The zero-order valence-corrected chi connectivity index (χ0v) is 18.9. The molecule has 5 heterocycles. The number of hydrogen-bond donors (Lipinski definition) is 2. The maximum absolute atomic E-state index is 13.0. The van der Waals surface area contributed by atoms with E-state index in [1.165, 1.54) is 30.4 Å². The van der Waals surface area contributed by atoms with Gasteiger partial charge in [0, 0.05) is 25.0 Å². The van der Waals surface area contributed by atoms with Crippen LogP contribution in [-0.4, -0.2) is 63.2 Å². The van der Waals surface area contributed by atoms with Gasteiger partial charge in [-0.25, -0.2) is 14.6 Å². The van der Waals surface area contributed by atoms with Crippen LogP contribution < -0.4 is 10.1 Å². The third kappa shape index (κ3) is 3.88. The summed E-state index contributed by atoms with van der Waals surface area (Å²) >= 11 is 0. The average molecular weight is 461 g/mol. The summed E-state index contributed by atoms with van der Waals surface area (Å²) in [5.41, 5.74) is -0.186. The Morgan fingerprint density at radius 1 is 1.26 bits per heavy atom. The molecule has 34 heavy (non-hydrogen) atoms. The molecule has 1 aliphatic rings. The largest absolute Gasteiger partial charge is 0.479 e. The van der Waals surface area contributed by atoms with E-state index in [-0.39, 0.29) is 17.5 Å². The van der Waals surface area contributed by atoms with Crippen LogP contribution in [0.1, 0.15) is 42.5 Å². The lowest BCUT2D eigenvalue weighted by atomic mass is 9.97. The van der Waals surface area contributed by atoms with Crippen LogP contribution in [0.4, 0.5) is 5.82 Å². The predicted octanol–water partition coefficient (Wildman–Crippen LogP) is 1.83.